The summed E-state index contributed by atoms with van der Waals surface area (Å²) in [5.41, 5.74) is 6.40. The lowest BCUT2D eigenvalue weighted by Gasteiger charge is -2.33. The van der Waals surface area contributed by atoms with Gasteiger partial charge in [0.15, 0.2) is 0 Å². The zero-order chi connectivity index (χ0) is 15.5. The van der Waals surface area contributed by atoms with Gasteiger partial charge in [-0.2, -0.15) is 0 Å². The van der Waals surface area contributed by atoms with Crippen LogP contribution in [0, 0.1) is 11.8 Å². The lowest BCUT2D eigenvalue weighted by atomic mass is 9.88. The summed E-state index contributed by atoms with van der Waals surface area (Å²) >= 11 is 0. The molecular weight excluding hydrogens is 280 g/mol. The van der Waals surface area contributed by atoms with Gasteiger partial charge < -0.3 is 15.4 Å². The van der Waals surface area contributed by atoms with Crippen molar-refractivity contribution in [3.8, 4) is 0 Å². The van der Waals surface area contributed by atoms with Crippen LogP contribution >= 0.6 is 0 Å². The number of ether oxygens (including phenoxy) is 1. The van der Waals surface area contributed by atoms with E-state index in [4.69, 9.17) is 10.5 Å². The highest BCUT2D eigenvalue weighted by atomic mass is 16.5. The van der Waals surface area contributed by atoms with Gasteiger partial charge in [0.25, 0.3) is 0 Å². The van der Waals surface area contributed by atoms with Gasteiger partial charge in [-0.25, -0.2) is 0 Å². The Bertz CT molecular complexity index is 546. The summed E-state index contributed by atoms with van der Waals surface area (Å²) in [5, 5.41) is 0. The summed E-state index contributed by atoms with van der Waals surface area (Å²) in [7, 11) is 0. The van der Waals surface area contributed by atoms with Gasteiger partial charge in [-0.3, -0.25) is 9.59 Å². The summed E-state index contributed by atoms with van der Waals surface area (Å²) in [4.78, 5) is 25.9. The zero-order valence-electron chi connectivity index (χ0n) is 12.6. The van der Waals surface area contributed by atoms with E-state index < -0.39 is 0 Å². The van der Waals surface area contributed by atoms with Crippen LogP contribution in [0.1, 0.15) is 30.9 Å². The third kappa shape index (κ3) is 2.99. The molecule has 0 spiro atoms. The first-order chi connectivity index (χ1) is 10.7. The van der Waals surface area contributed by atoms with Crippen molar-refractivity contribution in [2.75, 3.05) is 19.7 Å². The Morgan fingerprint density at radius 3 is 2.64 bits per heavy atom. The van der Waals surface area contributed by atoms with Crippen LogP contribution in [-0.2, 0) is 14.3 Å². The Labute approximate surface area is 130 Å². The Hall–Kier alpha value is -1.88. The second kappa shape index (κ2) is 6.48. The largest absolute Gasteiger partial charge is 0.373 e. The van der Waals surface area contributed by atoms with Gasteiger partial charge in [-0.05, 0) is 24.8 Å². The Morgan fingerprint density at radius 2 is 1.95 bits per heavy atom. The number of nitrogens with zero attached hydrogens (tertiary/aromatic N) is 1. The second-order valence-electron chi connectivity index (χ2n) is 6.12. The van der Waals surface area contributed by atoms with E-state index in [1.807, 2.05) is 30.3 Å². The number of hydrogen-bond donors (Lipinski definition) is 1. The van der Waals surface area contributed by atoms with Gasteiger partial charge in [0.2, 0.25) is 11.8 Å². The molecule has 3 atom stereocenters. The van der Waals surface area contributed by atoms with Crippen LogP contribution in [0.15, 0.2) is 30.3 Å². The quantitative estimate of drug-likeness (QED) is 0.919. The number of primary amides is 1. The van der Waals surface area contributed by atoms with E-state index >= 15 is 0 Å². The molecule has 2 N–H and O–H groups in total. The Morgan fingerprint density at radius 1 is 1.18 bits per heavy atom. The molecule has 0 saturated carbocycles. The Kier molecular flexibility index (Phi) is 4.43. The summed E-state index contributed by atoms with van der Waals surface area (Å²) in [6.45, 7) is 1.75. The molecular formula is C17H22N2O3. The highest BCUT2D eigenvalue weighted by Crippen LogP contribution is 2.35. The number of carbonyl (C=O) groups excluding carboxylic acids is 2. The zero-order valence-corrected chi connectivity index (χ0v) is 12.6. The van der Waals surface area contributed by atoms with Crippen LogP contribution in [0.2, 0.25) is 0 Å². The summed E-state index contributed by atoms with van der Waals surface area (Å²) in [6, 6.07) is 9.90. The van der Waals surface area contributed by atoms with Gasteiger partial charge in [0.05, 0.1) is 17.9 Å². The molecule has 3 rings (SSSR count). The topological polar surface area (TPSA) is 72.6 Å². The van der Waals surface area contributed by atoms with Crippen molar-refractivity contribution in [1.82, 2.24) is 4.90 Å². The van der Waals surface area contributed by atoms with Crippen molar-refractivity contribution >= 4 is 11.8 Å². The molecule has 2 heterocycles. The van der Waals surface area contributed by atoms with E-state index in [9.17, 15) is 9.59 Å². The van der Waals surface area contributed by atoms with Crippen LogP contribution in [0.4, 0.5) is 0 Å². The number of hydrogen-bond acceptors (Lipinski definition) is 3. The lowest BCUT2D eigenvalue weighted by Crippen LogP contribution is -2.40. The molecule has 2 fully saturated rings. The fourth-order valence-corrected chi connectivity index (χ4v) is 3.43. The minimum absolute atomic E-state index is 0.0947. The molecule has 0 unspecified atom stereocenters. The second-order valence-corrected chi connectivity index (χ2v) is 6.12. The van der Waals surface area contributed by atoms with Crippen molar-refractivity contribution < 1.29 is 14.3 Å². The van der Waals surface area contributed by atoms with Crippen molar-refractivity contribution in [3.63, 3.8) is 0 Å². The standard InChI is InChI=1S/C17H22N2O3/c18-16(20)13-8-9-19(11-13)17(21)14-7-4-10-22-15(14)12-5-2-1-3-6-12/h1-3,5-6,13-15H,4,7-11H2,(H2,18,20)/t13-,14+,15-/m1/s1. The van der Waals surface area contributed by atoms with Gasteiger partial charge in [0, 0.05) is 19.7 Å². The van der Waals surface area contributed by atoms with E-state index in [0.29, 0.717) is 26.1 Å². The van der Waals surface area contributed by atoms with E-state index in [1.165, 1.54) is 0 Å². The molecule has 0 aromatic heterocycles. The SMILES string of the molecule is NC(=O)[C@@H]1CCN(C(=O)[C@H]2CCCO[C@@H]2c2ccccc2)C1. The average Bonchev–Trinajstić information content (AvgIpc) is 3.05. The van der Waals surface area contributed by atoms with Gasteiger partial charge in [0.1, 0.15) is 0 Å². The Balaban J connectivity index is 1.74. The molecule has 5 heteroatoms. The summed E-state index contributed by atoms with van der Waals surface area (Å²) in [6.07, 6.45) is 2.21. The smallest absolute Gasteiger partial charge is 0.228 e. The number of rotatable bonds is 3. The van der Waals surface area contributed by atoms with E-state index in [-0.39, 0.29) is 29.8 Å². The van der Waals surface area contributed by atoms with Crippen LogP contribution in [0.5, 0.6) is 0 Å². The molecule has 1 aromatic rings. The predicted octanol–water partition coefficient (Wildman–Crippen LogP) is 1.49. The highest BCUT2D eigenvalue weighted by molar-refractivity contribution is 5.83. The number of amides is 2. The summed E-state index contributed by atoms with van der Waals surface area (Å²) < 4.78 is 5.89. The lowest BCUT2D eigenvalue weighted by molar-refractivity contribution is -0.144. The highest BCUT2D eigenvalue weighted by Gasteiger charge is 2.38. The fourth-order valence-electron chi connectivity index (χ4n) is 3.43. The van der Waals surface area contributed by atoms with Crippen molar-refractivity contribution in [2.45, 2.75) is 25.4 Å². The first-order valence-electron chi connectivity index (χ1n) is 7.91. The normalized spacial score (nSPS) is 28.5. The third-order valence-electron chi connectivity index (χ3n) is 4.67. The van der Waals surface area contributed by atoms with E-state index in [2.05, 4.69) is 0 Å². The molecule has 22 heavy (non-hydrogen) atoms. The van der Waals surface area contributed by atoms with Gasteiger partial charge >= 0.3 is 0 Å². The van der Waals surface area contributed by atoms with Crippen LogP contribution in [-0.4, -0.2) is 36.4 Å². The average molecular weight is 302 g/mol. The van der Waals surface area contributed by atoms with Crippen LogP contribution < -0.4 is 5.73 Å². The number of likely N-dealkylation sites (tertiary alicyclic amines) is 1. The van der Waals surface area contributed by atoms with Crippen molar-refractivity contribution in [2.24, 2.45) is 17.6 Å². The first-order valence-corrected chi connectivity index (χ1v) is 7.91. The maximum atomic E-state index is 12.8. The number of nitrogens with two attached hydrogens (primary N) is 1. The predicted molar refractivity (Wildman–Crippen MR) is 81.7 cm³/mol. The minimum atomic E-state index is -0.310. The molecule has 0 aliphatic carbocycles. The van der Waals surface area contributed by atoms with E-state index in [1.54, 1.807) is 4.90 Å². The fraction of sp³-hybridized carbons (Fsp3) is 0.529. The van der Waals surface area contributed by atoms with Crippen LogP contribution in [0.25, 0.3) is 0 Å². The first kappa shape index (κ1) is 15.0. The minimum Gasteiger partial charge on any atom is -0.373 e. The van der Waals surface area contributed by atoms with Crippen molar-refractivity contribution in [1.29, 1.82) is 0 Å². The molecule has 2 saturated heterocycles. The molecule has 2 amide bonds. The maximum absolute atomic E-state index is 12.8. The maximum Gasteiger partial charge on any atom is 0.228 e. The van der Waals surface area contributed by atoms with Crippen molar-refractivity contribution in [3.05, 3.63) is 35.9 Å². The number of benzene rings is 1. The molecule has 0 bridgehead atoms. The van der Waals surface area contributed by atoms with Gasteiger partial charge in [-0.1, -0.05) is 30.3 Å². The monoisotopic (exact) mass is 302 g/mol. The number of carbonyl (C=O) groups is 2. The van der Waals surface area contributed by atoms with Crippen LogP contribution in [0.3, 0.4) is 0 Å². The molecule has 1 aromatic carbocycles. The molecule has 2 aliphatic heterocycles. The molecule has 118 valence electrons. The summed E-state index contributed by atoms with van der Waals surface area (Å²) in [5.74, 6) is -0.585. The van der Waals surface area contributed by atoms with E-state index in [0.717, 1.165) is 18.4 Å². The molecule has 5 nitrogen and oxygen atoms in total. The molecule has 0 radical (unpaired) electrons. The molecule has 2 aliphatic rings. The van der Waals surface area contributed by atoms with Gasteiger partial charge in [-0.15, -0.1) is 0 Å². The third-order valence-corrected chi connectivity index (χ3v) is 4.67.